The van der Waals surface area contributed by atoms with Crippen LogP contribution in [-0.4, -0.2) is 59.1 Å². The van der Waals surface area contributed by atoms with Crippen LogP contribution in [0.3, 0.4) is 0 Å². The van der Waals surface area contributed by atoms with Crippen LogP contribution in [0.1, 0.15) is 20.8 Å². The third-order valence-electron chi connectivity index (χ3n) is 5.13. The first-order valence-corrected chi connectivity index (χ1v) is 10.3. The van der Waals surface area contributed by atoms with E-state index in [1.54, 1.807) is 31.8 Å². The minimum absolute atomic E-state index is 0.105. The molecule has 0 radical (unpaired) electrons. The molecule has 0 bridgehead atoms. The lowest BCUT2D eigenvalue weighted by atomic mass is 9.96. The van der Waals surface area contributed by atoms with Crippen molar-refractivity contribution < 1.29 is 9.53 Å². The second kappa shape index (κ2) is 8.43. The molecule has 0 atom stereocenters. The van der Waals surface area contributed by atoms with Crippen LogP contribution in [0.5, 0.6) is 5.75 Å². The summed E-state index contributed by atoms with van der Waals surface area (Å²) >= 11 is 0. The molecule has 31 heavy (non-hydrogen) atoms. The van der Waals surface area contributed by atoms with E-state index in [2.05, 4.69) is 25.5 Å². The number of ether oxygens (including phenoxy) is 1. The summed E-state index contributed by atoms with van der Waals surface area (Å²) in [6, 6.07) is 3.63. The molecule has 162 valence electrons. The Balaban J connectivity index is 1.80. The fourth-order valence-corrected chi connectivity index (χ4v) is 3.37. The Morgan fingerprint density at radius 3 is 2.68 bits per heavy atom. The van der Waals surface area contributed by atoms with Gasteiger partial charge in [-0.25, -0.2) is 15.0 Å². The molecular weight excluding hydrogens is 394 g/mol. The van der Waals surface area contributed by atoms with Crippen molar-refractivity contribution in [1.29, 1.82) is 0 Å². The average molecular weight is 422 g/mol. The van der Waals surface area contributed by atoms with Crippen molar-refractivity contribution in [3.05, 3.63) is 30.7 Å². The zero-order chi connectivity index (χ0) is 22.0. The summed E-state index contributed by atoms with van der Waals surface area (Å²) in [6.45, 7) is 9.01. The number of hydrogen-bond acceptors (Lipinski definition) is 8. The van der Waals surface area contributed by atoms with Gasteiger partial charge in [0.1, 0.15) is 17.4 Å². The molecular formula is C22H27N7O2. The smallest absolute Gasteiger partial charge is 0.230 e. The number of pyridine rings is 2. The molecule has 0 spiro atoms. The predicted molar refractivity (Wildman–Crippen MR) is 120 cm³/mol. The molecule has 1 aliphatic rings. The maximum atomic E-state index is 12.4. The van der Waals surface area contributed by atoms with Crippen LogP contribution < -0.4 is 20.3 Å². The topological polar surface area (TPSA) is 105 Å². The molecule has 4 heterocycles. The van der Waals surface area contributed by atoms with Crippen molar-refractivity contribution in [2.75, 3.05) is 43.5 Å². The van der Waals surface area contributed by atoms with Gasteiger partial charge in [-0.15, -0.1) is 0 Å². The van der Waals surface area contributed by atoms with Crippen molar-refractivity contribution in [3.8, 4) is 17.1 Å². The van der Waals surface area contributed by atoms with Crippen LogP contribution in [0.2, 0.25) is 0 Å². The molecule has 1 fully saturated rings. The van der Waals surface area contributed by atoms with Crippen LogP contribution in [-0.2, 0) is 4.79 Å². The second-order valence-corrected chi connectivity index (χ2v) is 8.48. The van der Waals surface area contributed by atoms with Crippen LogP contribution in [0.4, 0.5) is 11.6 Å². The van der Waals surface area contributed by atoms with Gasteiger partial charge in [0.05, 0.1) is 30.4 Å². The lowest BCUT2D eigenvalue weighted by Gasteiger charge is -2.29. The highest BCUT2D eigenvalue weighted by molar-refractivity contribution is 5.96. The molecule has 2 N–H and O–H groups in total. The third kappa shape index (κ3) is 4.41. The Morgan fingerprint density at radius 2 is 1.97 bits per heavy atom. The number of nitrogens with one attached hydrogen (secondary N) is 2. The van der Waals surface area contributed by atoms with Crippen molar-refractivity contribution in [3.63, 3.8) is 0 Å². The van der Waals surface area contributed by atoms with Gasteiger partial charge in [0.15, 0.2) is 5.82 Å². The number of aromatic nitrogens is 4. The third-order valence-corrected chi connectivity index (χ3v) is 5.13. The van der Waals surface area contributed by atoms with Crippen molar-refractivity contribution in [2.45, 2.75) is 20.8 Å². The number of piperazine rings is 1. The Morgan fingerprint density at radius 1 is 1.19 bits per heavy atom. The lowest BCUT2D eigenvalue weighted by Crippen LogP contribution is -2.44. The fraction of sp³-hybridized carbons (Fsp3) is 0.409. The van der Waals surface area contributed by atoms with E-state index >= 15 is 0 Å². The summed E-state index contributed by atoms with van der Waals surface area (Å²) in [5.74, 6) is 2.37. The number of amides is 1. The van der Waals surface area contributed by atoms with Gasteiger partial charge in [-0.2, -0.15) is 0 Å². The van der Waals surface area contributed by atoms with Gasteiger partial charge in [0, 0.05) is 43.4 Å². The lowest BCUT2D eigenvalue weighted by molar-refractivity contribution is -0.123. The Bertz CT molecular complexity index is 1100. The number of anilines is 2. The number of carbonyl (C=O) groups excluding carboxylic acids is 1. The van der Waals surface area contributed by atoms with Gasteiger partial charge in [-0.3, -0.25) is 9.78 Å². The van der Waals surface area contributed by atoms with E-state index in [1.165, 1.54) is 0 Å². The van der Waals surface area contributed by atoms with Gasteiger partial charge in [-0.1, -0.05) is 20.8 Å². The summed E-state index contributed by atoms with van der Waals surface area (Å²) in [6.07, 6.45) is 5.05. The van der Waals surface area contributed by atoms with Gasteiger partial charge in [0.25, 0.3) is 0 Å². The molecule has 0 saturated carbocycles. The highest BCUT2D eigenvalue weighted by atomic mass is 16.5. The van der Waals surface area contributed by atoms with Crippen molar-refractivity contribution in [2.24, 2.45) is 5.41 Å². The van der Waals surface area contributed by atoms with Gasteiger partial charge in [0.2, 0.25) is 5.91 Å². The Labute approximate surface area is 181 Å². The van der Waals surface area contributed by atoms with Crippen LogP contribution >= 0.6 is 0 Å². The monoisotopic (exact) mass is 421 g/mol. The normalized spacial score (nSPS) is 14.5. The fourth-order valence-electron chi connectivity index (χ4n) is 3.37. The molecule has 1 saturated heterocycles. The Hall–Kier alpha value is -3.33. The summed E-state index contributed by atoms with van der Waals surface area (Å²) in [5, 5.41) is 7.08. The first kappa shape index (κ1) is 20.9. The first-order chi connectivity index (χ1) is 14.9. The largest absolute Gasteiger partial charge is 0.494 e. The predicted octanol–water partition coefficient (Wildman–Crippen LogP) is 2.49. The zero-order valence-corrected chi connectivity index (χ0v) is 18.3. The molecule has 0 aliphatic carbocycles. The standard InChI is InChI=1S/C22H27N7O2/c1-22(2,3)21(30)27-17-11-14(5-6-25-17)19-26-15-12-24-13-16(31-4)18(15)20(28-19)29-9-7-23-8-10-29/h5-6,11-13,23H,7-10H2,1-4H3,(H,25,27,30). The van der Waals surface area contributed by atoms with E-state index < -0.39 is 5.41 Å². The molecule has 3 aromatic rings. The van der Waals surface area contributed by atoms with Gasteiger partial charge < -0.3 is 20.3 Å². The average Bonchev–Trinajstić information content (AvgIpc) is 2.78. The summed E-state index contributed by atoms with van der Waals surface area (Å²) < 4.78 is 5.56. The molecule has 3 aromatic heterocycles. The summed E-state index contributed by atoms with van der Waals surface area (Å²) in [5.41, 5.74) is 0.949. The highest BCUT2D eigenvalue weighted by Crippen LogP contribution is 2.34. The van der Waals surface area contributed by atoms with Crippen molar-refractivity contribution in [1.82, 2.24) is 25.3 Å². The van der Waals surface area contributed by atoms with E-state index in [0.29, 0.717) is 22.9 Å². The Kier molecular flexibility index (Phi) is 5.69. The molecule has 0 unspecified atom stereocenters. The SMILES string of the molecule is COc1cncc2nc(-c3ccnc(NC(=O)C(C)(C)C)c3)nc(N3CCNCC3)c12. The molecule has 1 aliphatic heterocycles. The minimum Gasteiger partial charge on any atom is -0.494 e. The molecule has 4 rings (SSSR count). The second-order valence-electron chi connectivity index (χ2n) is 8.48. The molecule has 0 aromatic carbocycles. The number of methoxy groups -OCH3 is 1. The maximum absolute atomic E-state index is 12.4. The van der Waals surface area contributed by atoms with E-state index in [0.717, 1.165) is 42.9 Å². The molecule has 9 heteroatoms. The van der Waals surface area contributed by atoms with Crippen molar-refractivity contribution >= 4 is 28.4 Å². The van der Waals surface area contributed by atoms with E-state index in [9.17, 15) is 4.79 Å². The van der Waals surface area contributed by atoms with Gasteiger partial charge >= 0.3 is 0 Å². The highest BCUT2D eigenvalue weighted by Gasteiger charge is 2.23. The number of rotatable bonds is 4. The molecule has 1 amide bonds. The van der Waals surface area contributed by atoms with E-state index in [4.69, 9.17) is 14.7 Å². The summed E-state index contributed by atoms with van der Waals surface area (Å²) in [7, 11) is 1.62. The minimum atomic E-state index is -0.519. The number of carbonyl (C=O) groups is 1. The number of nitrogens with zero attached hydrogens (tertiary/aromatic N) is 5. The first-order valence-electron chi connectivity index (χ1n) is 10.3. The van der Waals surface area contributed by atoms with Crippen LogP contribution in [0, 0.1) is 5.41 Å². The van der Waals surface area contributed by atoms with Gasteiger partial charge in [-0.05, 0) is 12.1 Å². The maximum Gasteiger partial charge on any atom is 0.230 e. The number of fused-ring (bicyclic) bond motifs is 1. The zero-order valence-electron chi connectivity index (χ0n) is 18.3. The van der Waals surface area contributed by atoms with Crippen LogP contribution in [0.25, 0.3) is 22.3 Å². The van der Waals surface area contributed by atoms with E-state index in [-0.39, 0.29) is 5.91 Å². The quantitative estimate of drug-likeness (QED) is 0.662. The van der Waals surface area contributed by atoms with Crippen LogP contribution in [0.15, 0.2) is 30.7 Å². The number of hydrogen-bond donors (Lipinski definition) is 2. The summed E-state index contributed by atoms with van der Waals surface area (Å²) in [4.78, 5) is 32.8. The van der Waals surface area contributed by atoms with E-state index in [1.807, 2.05) is 26.8 Å². The molecule has 9 nitrogen and oxygen atoms in total.